The number of non-ortho nitro benzene ring substituents is 1. The van der Waals surface area contributed by atoms with Gasteiger partial charge < -0.3 is 4.98 Å². The lowest BCUT2D eigenvalue weighted by atomic mass is 9.95. The van der Waals surface area contributed by atoms with E-state index in [1.54, 1.807) is 6.07 Å². The van der Waals surface area contributed by atoms with Crippen molar-refractivity contribution in [1.29, 1.82) is 0 Å². The lowest BCUT2D eigenvalue weighted by Crippen LogP contribution is -2.42. The van der Waals surface area contributed by atoms with Gasteiger partial charge in [-0.15, -0.1) is 0 Å². The molecule has 0 bridgehead atoms. The van der Waals surface area contributed by atoms with Crippen LogP contribution in [0.1, 0.15) is 48.8 Å². The normalized spacial score (nSPS) is 15.2. The summed E-state index contributed by atoms with van der Waals surface area (Å²) < 4.78 is 28.7. The molecule has 4 rings (SSSR count). The Bertz CT molecular complexity index is 1360. The van der Waals surface area contributed by atoms with Gasteiger partial charge in [-0.2, -0.15) is 4.31 Å². The third-order valence-electron chi connectivity index (χ3n) is 6.59. The van der Waals surface area contributed by atoms with E-state index in [1.165, 1.54) is 28.6 Å². The van der Waals surface area contributed by atoms with Gasteiger partial charge in [0.25, 0.3) is 11.2 Å². The van der Waals surface area contributed by atoms with E-state index in [9.17, 15) is 23.3 Å². The number of aromatic amines is 1. The minimum absolute atomic E-state index is 0.0117. The van der Waals surface area contributed by atoms with Crippen LogP contribution in [0.5, 0.6) is 0 Å². The molecule has 1 N–H and O–H groups in total. The zero-order valence-electron chi connectivity index (χ0n) is 18.7. The predicted molar refractivity (Wildman–Crippen MR) is 127 cm³/mol. The maximum atomic E-state index is 13.6. The third-order valence-corrected chi connectivity index (χ3v) is 8.50. The molecule has 0 unspecified atom stereocenters. The maximum absolute atomic E-state index is 13.6. The van der Waals surface area contributed by atoms with Crippen molar-refractivity contribution in [3.05, 3.63) is 79.6 Å². The molecule has 9 heteroatoms. The summed E-state index contributed by atoms with van der Waals surface area (Å²) in [7, 11) is -3.97. The highest BCUT2D eigenvalue weighted by Crippen LogP contribution is 2.30. The van der Waals surface area contributed by atoms with Crippen molar-refractivity contribution >= 4 is 26.6 Å². The van der Waals surface area contributed by atoms with Crippen molar-refractivity contribution in [2.75, 3.05) is 0 Å². The molecule has 33 heavy (non-hydrogen) atoms. The van der Waals surface area contributed by atoms with E-state index in [0.29, 0.717) is 5.56 Å². The highest BCUT2D eigenvalue weighted by atomic mass is 32.2. The minimum Gasteiger partial charge on any atom is -0.321 e. The molecule has 0 aliphatic heterocycles. The van der Waals surface area contributed by atoms with Crippen molar-refractivity contribution in [3.8, 4) is 0 Å². The van der Waals surface area contributed by atoms with Gasteiger partial charge in [-0.3, -0.25) is 14.9 Å². The number of benzene rings is 2. The van der Waals surface area contributed by atoms with Gasteiger partial charge in [-0.1, -0.05) is 31.4 Å². The summed E-state index contributed by atoms with van der Waals surface area (Å²) in [5.41, 5.74) is 2.70. The molecular weight excluding hydrogens is 442 g/mol. The van der Waals surface area contributed by atoms with Crippen molar-refractivity contribution in [2.45, 2.75) is 63.4 Å². The Kier molecular flexibility index (Phi) is 6.36. The van der Waals surface area contributed by atoms with Gasteiger partial charge in [-0.05, 0) is 61.4 Å². The summed E-state index contributed by atoms with van der Waals surface area (Å²) in [5, 5.41) is 11.8. The first kappa shape index (κ1) is 23.1. The number of nitro groups is 1. The standard InChI is InChI=1S/C24H27N3O5S/c1-16-8-9-18-14-19(24(28)25-23(18)17(16)2)15-26(20-6-4-3-5-7-20)33(31,32)22-12-10-21(11-13-22)27(29)30/h8-14,20H,3-7,15H2,1-2H3,(H,25,28). The number of nitrogens with zero attached hydrogens (tertiary/aromatic N) is 2. The van der Waals surface area contributed by atoms with Gasteiger partial charge in [-0.25, -0.2) is 8.42 Å². The monoisotopic (exact) mass is 469 g/mol. The molecular formula is C24H27N3O5S. The van der Waals surface area contributed by atoms with Gasteiger partial charge in [0.15, 0.2) is 0 Å². The lowest BCUT2D eigenvalue weighted by molar-refractivity contribution is -0.384. The Morgan fingerprint density at radius 1 is 1.06 bits per heavy atom. The molecule has 0 atom stereocenters. The molecule has 0 spiro atoms. The first-order valence-electron chi connectivity index (χ1n) is 11.1. The van der Waals surface area contributed by atoms with Crippen molar-refractivity contribution < 1.29 is 13.3 Å². The van der Waals surface area contributed by atoms with E-state index in [2.05, 4.69) is 4.98 Å². The quantitative estimate of drug-likeness (QED) is 0.419. The van der Waals surface area contributed by atoms with Gasteiger partial charge in [0.2, 0.25) is 10.0 Å². The maximum Gasteiger partial charge on any atom is 0.269 e. The Balaban J connectivity index is 1.76. The Morgan fingerprint density at radius 2 is 1.73 bits per heavy atom. The number of aryl methyl sites for hydroxylation is 2. The highest BCUT2D eigenvalue weighted by molar-refractivity contribution is 7.89. The number of aromatic nitrogens is 1. The zero-order chi connectivity index (χ0) is 23.8. The topological polar surface area (TPSA) is 113 Å². The molecule has 3 aromatic rings. The fourth-order valence-corrected chi connectivity index (χ4v) is 6.17. The second-order valence-corrected chi connectivity index (χ2v) is 10.6. The number of pyridine rings is 1. The van der Waals surface area contributed by atoms with E-state index >= 15 is 0 Å². The van der Waals surface area contributed by atoms with Crippen LogP contribution in [0.2, 0.25) is 0 Å². The Hall–Kier alpha value is -3.04. The summed E-state index contributed by atoms with van der Waals surface area (Å²) in [6.45, 7) is 3.87. The summed E-state index contributed by atoms with van der Waals surface area (Å²) >= 11 is 0. The van der Waals surface area contributed by atoms with Gasteiger partial charge >= 0.3 is 0 Å². The van der Waals surface area contributed by atoms with Crippen LogP contribution in [0.4, 0.5) is 5.69 Å². The van der Waals surface area contributed by atoms with E-state index in [4.69, 9.17) is 0 Å². The van der Waals surface area contributed by atoms with E-state index in [0.717, 1.165) is 54.1 Å². The van der Waals surface area contributed by atoms with Crippen LogP contribution in [-0.4, -0.2) is 28.7 Å². The van der Waals surface area contributed by atoms with Crippen LogP contribution >= 0.6 is 0 Å². The average molecular weight is 470 g/mol. The molecule has 2 aromatic carbocycles. The molecule has 174 valence electrons. The molecule has 1 aliphatic carbocycles. The zero-order valence-corrected chi connectivity index (χ0v) is 19.5. The summed E-state index contributed by atoms with van der Waals surface area (Å²) in [4.78, 5) is 26.3. The number of hydrogen-bond acceptors (Lipinski definition) is 5. The lowest BCUT2D eigenvalue weighted by Gasteiger charge is -2.33. The molecule has 0 amide bonds. The fourth-order valence-electron chi connectivity index (χ4n) is 4.51. The number of nitrogens with one attached hydrogen (secondary N) is 1. The number of nitro benzene ring substituents is 1. The first-order chi connectivity index (χ1) is 15.7. The van der Waals surface area contributed by atoms with Crippen LogP contribution in [0.25, 0.3) is 10.9 Å². The first-order valence-corrected chi connectivity index (χ1v) is 12.5. The highest BCUT2D eigenvalue weighted by Gasteiger charge is 2.33. The minimum atomic E-state index is -3.97. The summed E-state index contributed by atoms with van der Waals surface area (Å²) in [5.74, 6) is 0. The molecule has 1 fully saturated rings. The van der Waals surface area contributed by atoms with Gasteiger partial charge in [0, 0.05) is 30.3 Å². The fraction of sp³-hybridized carbons (Fsp3) is 0.375. The van der Waals surface area contributed by atoms with Gasteiger partial charge in [0.05, 0.1) is 15.3 Å². The second kappa shape index (κ2) is 9.07. The molecule has 1 heterocycles. The van der Waals surface area contributed by atoms with E-state index in [1.807, 2.05) is 26.0 Å². The summed E-state index contributed by atoms with van der Waals surface area (Å²) in [6, 6.07) is 10.4. The van der Waals surface area contributed by atoms with Crippen molar-refractivity contribution in [3.63, 3.8) is 0 Å². The van der Waals surface area contributed by atoms with Crippen LogP contribution in [0.3, 0.4) is 0 Å². The molecule has 1 aliphatic rings. The molecule has 1 saturated carbocycles. The number of H-pyrrole nitrogens is 1. The number of fused-ring (bicyclic) bond motifs is 1. The Morgan fingerprint density at radius 3 is 2.36 bits per heavy atom. The number of hydrogen-bond donors (Lipinski definition) is 1. The largest absolute Gasteiger partial charge is 0.321 e. The van der Waals surface area contributed by atoms with Crippen LogP contribution in [-0.2, 0) is 16.6 Å². The molecule has 0 radical (unpaired) electrons. The van der Waals surface area contributed by atoms with Gasteiger partial charge in [0.1, 0.15) is 0 Å². The van der Waals surface area contributed by atoms with Crippen molar-refractivity contribution in [2.24, 2.45) is 0 Å². The molecule has 0 saturated heterocycles. The third kappa shape index (κ3) is 4.56. The van der Waals surface area contributed by atoms with E-state index < -0.39 is 14.9 Å². The second-order valence-electron chi connectivity index (χ2n) is 8.69. The van der Waals surface area contributed by atoms with Crippen molar-refractivity contribution in [1.82, 2.24) is 9.29 Å². The average Bonchev–Trinajstić information content (AvgIpc) is 2.81. The van der Waals surface area contributed by atoms with Crippen LogP contribution < -0.4 is 5.56 Å². The van der Waals surface area contributed by atoms with E-state index in [-0.39, 0.29) is 28.7 Å². The predicted octanol–water partition coefficient (Wildman–Crippen LogP) is 4.58. The summed E-state index contributed by atoms with van der Waals surface area (Å²) in [6.07, 6.45) is 4.33. The van der Waals surface area contributed by atoms with Crippen LogP contribution in [0, 0.1) is 24.0 Å². The molecule has 1 aromatic heterocycles. The Labute approximate surface area is 192 Å². The molecule has 8 nitrogen and oxygen atoms in total. The SMILES string of the molecule is Cc1ccc2cc(CN(C3CCCCC3)S(=O)(=O)c3ccc([N+](=O)[O-])cc3)c(=O)[nH]c2c1C. The number of sulfonamides is 1. The number of rotatable bonds is 6. The van der Waals surface area contributed by atoms with Crippen LogP contribution in [0.15, 0.2) is 52.2 Å². The smallest absolute Gasteiger partial charge is 0.269 e.